The van der Waals surface area contributed by atoms with Gasteiger partial charge < -0.3 is 10.2 Å². The summed E-state index contributed by atoms with van der Waals surface area (Å²) in [7, 11) is 0.470. The number of fused-ring (bicyclic) bond motifs is 1. The molecule has 0 radical (unpaired) electrons. The lowest BCUT2D eigenvalue weighted by Gasteiger charge is -2.40. The fourth-order valence-electron chi connectivity index (χ4n) is 5.27. The monoisotopic (exact) mass is 512 g/mol. The third-order valence-corrected chi connectivity index (χ3v) is 8.85. The number of imide groups is 1. The number of nitrogens with zero attached hydrogens (tertiary/aromatic N) is 2. The van der Waals surface area contributed by atoms with Gasteiger partial charge in [0.15, 0.2) is 0 Å². The topological polar surface area (TPSA) is 108 Å². The quantitative estimate of drug-likeness (QED) is 0.466. The smallest absolute Gasteiger partial charge is 0.254 e. The number of pyridine rings is 1. The van der Waals surface area contributed by atoms with Crippen LogP contribution < -0.4 is 10.6 Å². The second kappa shape index (κ2) is 9.19. The maximum absolute atomic E-state index is 15.4. The minimum atomic E-state index is -1.79. The van der Waals surface area contributed by atoms with Crippen LogP contribution in [0.2, 0.25) is 5.54 Å². The number of nitrogens with one attached hydrogen (secondary N) is 2. The second-order valence-electron chi connectivity index (χ2n) is 9.78. The van der Waals surface area contributed by atoms with E-state index in [1.165, 1.54) is 24.4 Å². The zero-order chi connectivity index (χ0) is 25.6. The van der Waals surface area contributed by atoms with Gasteiger partial charge in [0.2, 0.25) is 11.8 Å². The number of carbonyl (C=O) groups excluding carboxylic acids is 4. The van der Waals surface area contributed by atoms with Crippen molar-refractivity contribution >= 4 is 33.9 Å². The number of alkyl halides is 1. The van der Waals surface area contributed by atoms with Crippen LogP contribution in [0.5, 0.6) is 0 Å². The first kappa shape index (κ1) is 24.2. The fraction of sp³-hybridized carbons (Fsp3) is 0.400. The normalized spacial score (nSPS) is 23.9. The molecule has 2 aliphatic heterocycles. The van der Waals surface area contributed by atoms with E-state index >= 15 is 4.39 Å². The van der Waals surface area contributed by atoms with Crippen LogP contribution in [0.15, 0.2) is 36.5 Å². The first-order valence-corrected chi connectivity index (χ1v) is 13.2. The van der Waals surface area contributed by atoms with Crippen molar-refractivity contribution < 1.29 is 28.0 Å². The van der Waals surface area contributed by atoms with E-state index in [0.717, 1.165) is 0 Å². The predicted octanol–water partition coefficient (Wildman–Crippen LogP) is 1.50. The zero-order valence-corrected chi connectivity index (χ0v) is 21.7. The number of halogens is 2. The molecular weight excluding hydrogens is 486 g/mol. The van der Waals surface area contributed by atoms with Crippen molar-refractivity contribution in [2.24, 2.45) is 0 Å². The molecule has 2 aromatic rings. The van der Waals surface area contributed by atoms with Crippen molar-refractivity contribution in [3.05, 3.63) is 64.7 Å². The number of hydrogen-bond donors (Lipinski definition) is 2. The van der Waals surface area contributed by atoms with Gasteiger partial charge in [-0.1, -0.05) is 0 Å². The number of amides is 4. The van der Waals surface area contributed by atoms with Gasteiger partial charge in [-0.2, -0.15) is 0 Å². The molecule has 1 saturated carbocycles. The van der Waals surface area contributed by atoms with E-state index in [-0.39, 0.29) is 54.8 Å². The molecule has 36 heavy (non-hydrogen) atoms. The minimum absolute atomic E-state index is 0.144. The molecule has 1 aliphatic carbocycles. The van der Waals surface area contributed by atoms with Crippen LogP contribution in [0, 0.1) is 5.82 Å². The van der Waals surface area contributed by atoms with Crippen LogP contribution in [-0.2, 0) is 16.1 Å². The van der Waals surface area contributed by atoms with E-state index in [1.54, 1.807) is 17.0 Å². The van der Waals surface area contributed by atoms with Crippen LogP contribution in [0.1, 0.15) is 70.1 Å². The zero-order valence-electron chi connectivity index (χ0n) is 19.7. The number of benzene rings is 1. The molecule has 1 aromatic carbocycles. The highest BCUT2D eigenvalue weighted by atomic mass is 28.1. The van der Waals surface area contributed by atoms with E-state index < -0.39 is 35.0 Å². The molecule has 0 bridgehead atoms. The maximum atomic E-state index is 15.4. The van der Waals surface area contributed by atoms with E-state index in [9.17, 15) is 23.6 Å². The lowest BCUT2D eigenvalue weighted by Crippen LogP contribution is -2.48. The van der Waals surface area contributed by atoms with Crippen LogP contribution in [-0.4, -0.2) is 55.5 Å². The molecule has 4 amide bonds. The van der Waals surface area contributed by atoms with Gasteiger partial charge in [-0.25, -0.2) is 8.78 Å². The molecular formula is C25H26F2N4O4Si. The first-order chi connectivity index (χ1) is 17.2. The van der Waals surface area contributed by atoms with Gasteiger partial charge in [0.25, 0.3) is 11.8 Å². The fourth-order valence-corrected chi connectivity index (χ4v) is 6.10. The van der Waals surface area contributed by atoms with E-state index in [2.05, 4.69) is 15.6 Å². The molecule has 188 valence electrons. The van der Waals surface area contributed by atoms with Crippen LogP contribution in [0.4, 0.5) is 8.78 Å². The van der Waals surface area contributed by atoms with Gasteiger partial charge in [-0.3, -0.25) is 29.5 Å². The molecule has 2 fully saturated rings. The summed E-state index contributed by atoms with van der Waals surface area (Å²) in [6, 6.07) is 5.55. The SMILES string of the molecule is O=C1CC[C@H](N2Cc3cc(C(=O)N[C@H](c4ncccc4F)C4(F)CCC4)ccc3C2=O)C([SiH3])C(=O)N1. The highest BCUT2D eigenvalue weighted by molar-refractivity contribution is 6.26. The summed E-state index contributed by atoms with van der Waals surface area (Å²) in [4.78, 5) is 56.0. The molecule has 5 rings (SSSR count). The molecule has 3 atom stereocenters. The minimum Gasteiger partial charge on any atom is -0.340 e. The average Bonchev–Trinajstić information content (AvgIpc) is 3.10. The summed E-state index contributed by atoms with van der Waals surface area (Å²) in [6.07, 6.45) is 2.93. The second-order valence-corrected chi connectivity index (χ2v) is 11.0. The Hall–Kier alpha value is -3.47. The van der Waals surface area contributed by atoms with Gasteiger partial charge in [-0.15, -0.1) is 0 Å². The Kier molecular flexibility index (Phi) is 6.19. The van der Waals surface area contributed by atoms with Crippen molar-refractivity contribution in [3.8, 4) is 0 Å². The Morgan fingerprint density at radius 2 is 2.03 bits per heavy atom. The number of aromatic nitrogens is 1. The predicted molar refractivity (Wildman–Crippen MR) is 128 cm³/mol. The van der Waals surface area contributed by atoms with Gasteiger partial charge in [0.05, 0.1) is 0 Å². The largest absolute Gasteiger partial charge is 0.340 e. The third-order valence-electron chi connectivity index (χ3n) is 7.56. The Bertz CT molecular complexity index is 1270. The van der Waals surface area contributed by atoms with E-state index in [0.29, 0.717) is 34.2 Å². The third kappa shape index (κ3) is 4.21. The number of carbonyl (C=O) groups is 4. The van der Waals surface area contributed by atoms with Crippen molar-refractivity contribution in [3.63, 3.8) is 0 Å². The van der Waals surface area contributed by atoms with Crippen LogP contribution in [0.3, 0.4) is 0 Å². The highest BCUT2D eigenvalue weighted by Crippen LogP contribution is 2.45. The Labute approximate surface area is 209 Å². The number of rotatable bonds is 5. The molecule has 3 heterocycles. The van der Waals surface area contributed by atoms with E-state index in [1.807, 2.05) is 0 Å². The lowest BCUT2D eigenvalue weighted by molar-refractivity contribution is -0.129. The van der Waals surface area contributed by atoms with Crippen molar-refractivity contribution in [1.82, 2.24) is 20.5 Å². The summed E-state index contributed by atoms with van der Waals surface area (Å²) >= 11 is 0. The van der Waals surface area contributed by atoms with E-state index in [4.69, 9.17) is 0 Å². The van der Waals surface area contributed by atoms with Gasteiger partial charge in [0.1, 0.15) is 23.2 Å². The maximum Gasteiger partial charge on any atom is 0.254 e. The molecule has 3 aliphatic rings. The summed E-state index contributed by atoms with van der Waals surface area (Å²) in [5.41, 5.74) is -1.12. The van der Waals surface area contributed by atoms with Gasteiger partial charge in [0, 0.05) is 52.1 Å². The molecule has 8 nitrogen and oxygen atoms in total. The molecule has 1 unspecified atom stereocenters. The summed E-state index contributed by atoms with van der Waals surface area (Å²) < 4.78 is 29.9. The average molecular weight is 513 g/mol. The van der Waals surface area contributed by atoms with Gasteiger partial charge in [-0.05, 0) is 61.6 Å². The molecule has 1 aromatic heterocycles. The van der Waals surface area contributed by atoms with Crippen molar-refractivity contribution in [2.75, 3.05) is 0 Å². The first-order valence-electron chi connectivity index (χ1n) is 12.1. The van der Waals surface area contributed by atoms with Gasteiger partial charge >= 0.3 is 0 Å². The molecule has 2 N–H and O–H groups in total. The summed E-state index contributed by atoms with van der Waals surface area (Å²) in [5, 5.41) is 5.00. The van der Waals surface area contributed by atoms with Crippen molar-refractivity contribution in [2.45, 2.75) is 61.9 Å². The van der Waals surface area contributed by atoms with Crippen LogP contribution >= 0.6 is 0 Å². The standard InChI is InChI=1S/C25H26F2N4O4Si/c26-16-3-1-10-28-19(16)21(25(27)8-2-9-25)30-22(33)13-4-5-15-14(11-13)12-31(24(15)35)17-6-7-18(32)29-23(34)20(17)36/h1,3-5,10-11,17,20-21H,2,6-9,12H2,36H3,(H,30,33)(H,29,32,34)/t17-,20?,21+/m0/s1. The summed E-state index contributed by atoms with van der Waals surface area (Å²) in [5.74, 6) is -2.24. The summed E-state index contributed by atoms with van der Waals surface area (Å²) in [6.45, 7) is 0.200. The molecule has 0 spiro atoms. The Balaban J connectivity index is 1.38. The Morgan fingerprint density at radius 3 is 2.72 bits per heavy atom. The van der Waals surface area contributed by atoms with Crippen LogP contribution in [0.25, 0.3) is 0 Å². The molecule has 11 heteroatoms. The van der Waals surface area contributed by atoms with Crippen molar-refractivity contribution in [1.29, 1.82) is 0 Å². The number of hydrogen-bond acceptors (Lipinski definition) is 5. The highest BCUT2D eigenvalue weighted by Gasteiger charge is 2.48. The molecule has 1 saturated heterocycles. The Morgan fingerprint density at radius 1 is 1.25 bits per heavy atom. The lowest BCUT2D eigenvalue weighted by atomic mass is 9.75.